The van der Waals surface area contributed by atoms with E-state index < -0.39 is 21.2 Å². The van der Waals surface area contributed by atoms with E-state index in [0.717, 1.165) is 0 Å². The number of halogens is 3. The molecule has 2 bridgehead atoms. The van der Waals surface area contributed by atoms with Crippen LogP contribution < -0.4 is 10.5 Å². The third-order valence-corrected chi connectivity index (χ3v) is 10.1. The topological polar surface area (TPSA) is 89.7 Å². The Morgan fingerprint density at radius 1 is 1.00 bits per heavy atom. The maximum atomic E-state index is 13.5. The lowest BCUT2D eigenvalue weighted by molar-refractivity contribution is -0.156. The Balaban J connectivity index is 1.36. The summed E-state index contributed by atoms with van der Waals surface area (Å²) < 4.78 is 71.5. The molecule has 0 atom stereocenters. The number of benzene rings is 1. The molecule has 5 rings (SSSR count). The van der Waals surface area contributed by atoms with Crippen molar-refractivity contribution in [3.8, 4) is 5.75 Å². The SMILES string of the molecule is NC/C(=C\F)COc1ccc(S(=O)(=O)CC23CCC(C(=O)N4CCC(F)(F)CC4)(CC2)CC3)cc1. The zero-order chi connectivity index (χ0) is 25.3. The summed E-state index contributed by atoms with van der Waals surface area (Å²) in [7, 11) is -3.56. The van der Waals surface area contributed by atoms with E-state index in [1.807, 2.05) is 0 Å². The summed E-state index contributed by atoms with van der Waals surface area (Å²) in [6.45, 7) is 0.198. The summed E-state index contributed by atoms with van der Waals surface area (Å²) in [5.74, 6) is -2.29. The largest absolute Gasteiger partial charge is 0.489 e. The van der Waals surface area contributed by atoms with E-state index in [4.69, 9.17) is 10.5 Å². The molecule has 3 aliphatic carbocycles. The van der Waals surface area contributed by atoms with Crippen LogP contribution in [0.3, 0.4) is 0 Å². The fourth-order valence-corrected chi connectivity index (χ4v) is 7.67. The van der Waals surface area contributed by atoms with E-state index in [1.54, 1.807) is 17.0 Å². The Labute approximate surface area is 204 Å². The number of carbonyl (C=O) groups is 1. The molecule has 0 spiro atoms. The molecule has 4 aliphatic rings. The van der Waals surface area contributed by atoms with Crippen molar-refractivity contribution in [3.05, 3.63) is 36.2 Å². The van der Waals surface area contributed by atoms with Crippen LogP contribution in [0.15, 0.2) is 41.1 Å². The van der Waals surface area contributed by atoms with Crippen molar-refractivity contribution in [2.45, 2.75) is 62.2 Å². The van der Waals surface area contributed by atoms with E-state index in [1.165, 1.54) is 12.1 Å². The molecule has 2 N–H and O–H groups in total. The minimum absolute atomic E-state index is 0.0114. The molecule has 1 amide bonds. The average molecular weight is 515 g/mol. The number of amides is 1. The molecule has 6 nitrogen and oxygen atoms in total. The van der Waals surface area contributed by atoms with Crippen LogP contribution in [-0.4, -0.2) is 57.1 Å². The van der Waals surface area contributed by atoms with Crippen LogP contribution >= 0.6 is 0 Å². The van der Waals surface area contributed by atoms with Crippen LogP contribution in [0.5, 0.6) is 5.75 Å². The van der Waals surface area contributed by atoms with E-state index in [9.17, 15) is 26.4 Å². The summed E-state index contributed by atoms with van der Waals surface area (Å²) in [5, 5.41) is 0. The van der Waals surface area contributed by atoms with Crippen LogP contribution in [0.1, 0.15) is 51.4 Å². The summed E-state index contributed by atoms with van der Waals surface area (Å²) in [5.41, 5.74) is 4.80. The number of piperidine rings is 1. The first-order valence-electron chi connectivity index (χ1n) is 12.1. The van der Waals surface area contributed by atoms with Crippen LogP contribution in [-0.2, 0) is 14.6 Å². The van der Waals surface area contributed by atoms with Gasteiger partial charge in [0.05, 0.1) is 17.0 Å². The van der Waals surface area contributed by atoms with Crippen LogP contribution in [0.25, 0.3) is 0 Å². The van der Waals surface area contributed by atoms with Crippen LogP contribution in [0.2, 0.25) is 0 Å². The normalized spacial score (nSPS) is 28.7. The van der Waals surface area contributed by atoms with Crippen molar-refractivity contribution in [3.63, 3.8) is 0 Å². The van der Waals surface area contributed by atoms with Gasteiger partial charge in [-0.2, -0.15) is 0 Å². The number of hydrogen-bond acceptors (Lipinski definition) is 5. The molecule has 1 aromatic rings. The van der Waals surface area contributed by atoms with Gasteiger partial charge in [0.15, 0.2) is 9.84 Å². The van der Waals surface area contributed by atoms with E-state index >= 15 is 0 Å². The zero-order valence-corrected chi connectivity index (χ0v) is 20.6. The molecule has 3 saturated carbocycles. The molecule has 35 heavy (non-hydrogen) atoms. The minimum atomic E-state index is -3.56. The summed E-state index contributed by atoms with van der Waals surface area (Å²) in [6, 6.07) is 6.08. The molecule has 0 unspecified atom stereocenters. The van der Waals surface area contributed by atoms with Crippen LogP contribution in [0, 0.1) is 10.8 Å². The first-order valence-corrected chi connectivity index (χ1v) is 13.8. The number of carbonyl (C=O) groups excluding carboxylic acids is 1. The molecule has 10 heteroatoms. The Morgan fingerprint density at radius 2 is 1.57 bits per heavy atom. The Kier molecular flexibility index (Phi) is 7.26. The highest BCUT2D eigenvalue weighted by atomic mass is 32.2. The van der Waals surface area contributed by atoms with Gasteiger partial charge in [-0.3, -0.25) is 4.79 Å². The molecule has 1 aromatic carbocycles. The fraction of sp³-hybridized carbons (Fsp3) is 0.640. The van der Waals surface area contributed by atoms with Crippen molar-refractivity contribution in [1.29, 1.82) is 0 Å². The van der Waals surface area contributed by atoms with Crippen molar-refractivity contribution in [1.82, 2.24) is 4.90 Å². The van der Waals surface area contributed by atoms with Crippen molar-refractivity contribution >= 4 is 15.7 Å². The standard InChI is InChI=1S/C25H33F3N2O4S/c26-15-19(16-29)17-34-20-1-3-21(4-2-20)35(32,33)18-23-5-8-24(9-6-23,10-7-23)22(31)30-13-11-25(27,28)12-14-30/h1-4,15H,5-14,16-18,29H2/b19-15+. The van der Waals surface area contributed by atoms with E-state index in [-0.39, 0.29) is 61.1 Å². The molecule has 0 radical (unpaired) electrons. The number of likely N-dealkylation sites (tertiary alicyclic amines) is 1. The Morgan fingerprint density at radius 3 is 2.09 bits per heavy atom. The minimum Gasteiger partial charge on any atom is -0.489 e. The van der Waals surface area contributed by atoms with Gasteiger partial charge in [-0.15, -0.1) is 0 Å². The first-order chi connectivity index (χ1) is 16.5. The Hall–Kier alpha value is -2.07. The lowest BCUT2D eigenvalue weighted by Crippen LogP contribution is -2.55. The summed E-state index contributed by atoms with van der Waals surface area (Å²) in [6.07, 6.45) is 3.55. The number of hydrogen-bond donors (Lipinski definition) is 1. The second kappa shape index (κ2) is 9.76. The molecule has 1 saturated heterocycles. The van der Waals surface area contributed by atoms with Gasteiger partial charge in [-0.25, -0.2) is 21.6 Å². The number of fused-ring (bicyclic) bond motifs is 3. The first kappa shape index (κ1) is 26.0. The van der Waals surface area contributed by atoms with E-state index in [0.29, 0.717) is 56.2 Å². The molecule has 1 heterocycles. The number of ether oxygens (including phenoxy) is 1. The third-order valence-electron chi connectivity index (χ3n) is 8.16. The average Bonchev–Trinajstić information content (AvgIpc) is 2.85. The zero-order valence-electron chi connectivity index (χ0n) is 19.8. The predicted molar refractivity (Wildman–Crippen MR) is 126 cm³/mol. The molecular formula is C25H33F3N2O4S. The monoisotopic (exact) mass is 514 g/mol. The highest BCUT2D eigenvalue weighted by Gasteiger charge is 2.55. The molecule has 194 valence electrons. The maximum Gasteiger partial charge on any atom is 0.251 e. The molecule has 4 fully saturated rings. The Bertz CT molecular complexity index is 1040. The lowest BCUT2D eigenvalue weighted by Gasteiger charge is -2.53. The lowest BCUT2D eigenvalue weighted by atomic mass is 9.54. The fourth-order valence-electron chi connectivity index (χ4n) is 5.71. The van der Waals surface area contributed by atoms with Gasteiger partial charge in [0.1, 0.15) is 12.4 Å². The quantitative estimate of drug-likeness (QED) is 0.560. The van der Waals surface area contributed by atoms with Gasteiger partial charge >= 0.3 is 0 Å². The molecule has 1 aliphatic heterocycles. The van der Waals surface area contributed by atoms with Crippen LogP contribution in [0.4, 0.5) is 13.2 Å². The highest BCUT2D eigenvalue weighted by Crippen LogP contribution is 2.58. The summed E-state index contributed by atoms with van der Waals surface area (Å²) in [4.78, 5) is 15.0. The number of rotatable bonds is 8. The second-order valence-electron chi connectivity index (χ2n) is 10.4. The molecule has 0 aromatic heterocycles. The third kappa shape index (κ3) is 5.53. The van der Waals surface area contributed by atoms with E-state index in [2.05, 4.69) is 0 Å². The van der Waals surface area contributed by atoms with Gasteiger partial charge in [-0.05, 0) is 68.2 Å². The van der Waals surface area contributed by atoms with Gasteiger partial charge in [-0.1, -0.05) is 0 Å². The van der Waals surface area contributed by atoms with Gasteiger partial charge in [0, 0.05) is 43.5 Å². The highest BCUT2D eigenvalue weighted by molar-refractivity contribution is 7.91. The number of nitrogens with zero attached hydrogens (tertiary/aromatic N) is 1. The maximum absolute atomic E-state index is 13.5. The van der Waals surface area contributed by atoms with Crippen molar-refractivity contribution in [2.75, 3.05) is 32.0 Å². The van der Waals surface area contributed by atoms with Crippen molar-refractivity contribution < 1.29 is 31.1 Å². The van der Waals surface area contributed by atoms with Gasteiger partial charge < -0.3 is 15.4 Å². The molecular weight excluding hydrogens is 481 g/mol. The number of sulfone groups is 1. The predicted octanol–water partition coefficient (Wildman–Crippen LogP) is 4.25. The number of nitrogens with two attached hydrogens (primary N) is 1. The smallest absolute Gasteiger partial charge is 0.251 e. The van der Waals surface area contributed by atoms with Crippen molar-refractivity contribution in [2.24, 2.45) is 16.6 Å². The number of alkyl halides is 2. The second-order valence-corrected chi connectivity index (χ2v) is 12.4. The summed E-state index contributed by atoms with van der Waals surface area (Å²) >= 11 is 0. The van der Waals surface area contributed by atoms with Gasteiger partial charge in [0.25, 0.3) is 5.92 Å². The van der Waals surface area contributed by atoms with Gasteiger partial charge in [0.2, 0.25) is 5.91 Å².